The number of aromatic nitrogens is 2. The Morgan fingerprint density at radius 3 is 2.56 bits per heavy atom. The van der Waals surface area contributed by atoms with Gasteiger partial charge in [-0.15, -0.1) is 0 Å². The lowest BCUT2D eigenvalue weighted by Gasteiger charge is -2.35. The van der Waals surface area contributed by atoms with Gasteiger partial charge in [-0.2, -0.15) is 13.2 Å². The van der Waals surface area contributed by atoms with Crippen molar-refractivity contribution in [1.82, 2.24) is 25.7 Å². The van der Waals surface area contributed by atoms with Gasteiger partial charge in [-0.3, -0.25) is 15.0 Å². The van der Waals surface area contributed by atoms with Crippen molar-refractivity contribution in [3.63, 3.8) is 0 Å². The smallest absolute Gasteiger partial charge is 0.378 e. The third-order valence-electron chi connectivity index (χ3n) is 5.63. The molecule has 2 amide bonds. The van der Waals surface area contributed by atoms with Crippen molar-refractivity contribution in [3.8, 4) is 0 Å². The van der Waals surface area contributed by atoms with Gasteiger partial charge in [0.05, 0.1) is 49.3 Å². The zero-order valence-corrected chi connectivity index (χ0v) is 19.4. The van der Waals surface area contributed by atoms with Gasteiger partial charge in [-0.1, -0.05) is 18.5 Å². The van der Waals surface area contributed by atoms with E-state index in [4.69, 9.17) is 21.1 Å². The Balaban J connectivity index is 1.38. The van der Waals surface area contributed by atoms with Crippen LogP contribution in [0.2, 0.25) is 5.02 Å². The molecule has 1 aromatic heterocycles. The third kappa shape index (κ3) is 7.14. The van der Waals surface area contributed by atoms with Crippen LogP contribution >= 0.6 is 11.6 Å². The number of hydrazine groups is 1. The van der Waals surface area contributed by atoms with E-state index >= 15 is 0 Å². The molecule has 2 aliphatic heterocycles. The molecule has 0 bridgehead atoms. The lowest BCUT2D eigenvalue weighted by Crippen LogP contribution is -2.61. The Bertz CT molecular complexity index is 824. The molecule has 0 saturated carbocycles. The molecule has 0 radical (unpaired) electrons. The predicted octanol–water partition coefficient (Wildman–Crippen LogP) is 1.16. The van der Waals surface area contributed by atoms with Gasteiger partial charge >= 0.3 is 6.18 Å². The molecule has 3 atom stereocenters. The van der Waals surface area contributed by atoms with Gasteiger partial charge in [0.1, 0.15) is 0 Å². The molecule has 34 heavy (non-hydrogen) atoms. The van der Waals surface area contributed by atoms with Gasteiger partial charge in [0.25, 0.3) is 0 Å². The summed E-state index contributed by atoms with van der Waals surface area (Å²) in [6.45, 7) is 3.92. The van der Waals surface area contributed by atoms with Crippen LogP contribution in [0.4, 0.5) is 19.1 Å². The van der Waals surface area contributed by atoms with Crippen LogP contribution in [-0.2, 0) is 19.1 Å². The van der Waals surface area contributed by atoms with Crippen LogP contribution < -0.4 is 15.8 Å². The van der Waals surface area contributed by atoms with Crippen LogP contribution in [0.3, 0.4) is 0 Å². The van der Waals surface area contributed by atoms with Gasteiger partial charge in [0.15, 0.2) is 5.92 Å². The summed E-state index contributed by atoms with van der Waals surface area (Å²) in [5.41, 5.74) is 4.41. The van der Waals surface area contributed by atoms with E-state index in [1.54, 1.807) is 11.8 Å². The maximum Gasteiger partial charge on any atom is 0.403 e. The van der Waals surface area contributed by atoms with E-state index in [1.807, 2.05) is 10.3 Å². The average Bonchev–Trinajstić information content (AvgIpc) is 2.80. The molecule has 2 N–H and O–H groups in total. The zero-order chi connectivity index (χ0) is 24.7. The summed E-state index contributed by atoms with van der Waals surface area (Å²) < 4.78 is 50.8. The normalized spacial score (nSPS) is 22.4. The highest BCUT2D eigenvalue weighted by atomic mass is 35.5. The minimum Gasteiger partial charge on any atom is -0.378 e. The zero-order valence-electron chi connectivity index (χ0n) is 18.7. The third-order valence-corrected chi connectivity index (χ3v) is 5.83. The van der Waals surface area contributed by atoms with Gasteiger partial charge in [0, 0.05) is 32.7 Å². The van der Waals surface area contributed by atoms with Crippen molar-refractivity contribution in [2.45, 2.75) is 38.1 Å². The summed E-state index contributed by atoms with van der Waals surface area (Å²) in [4.78, 5) is 36.2. The molecule has 2 fully saturated rings. The monoisotopic (exact) mass is 508 g/mol. The number of alkyl halides is 3. The molecule has 190 valence electrons. The summed E-state index contributed by atoms with van der Waals surface area (Å²) in [6.07, 6.45) is -3.13. The molecule has 1 aromatic rings. The van der Waals surface area contributed by atoms with Crippen molar-refractivity contribution < 1.29 is 32.2 Å². The van der Waals surface area contributed by atoms with Crippen LogP contribution in [-0.4, -0.2) is 91.0 Å². The number of anilines is 1. The average molecular weight is 509 g/mol. The first-order valence-electron chi connectivity index (χ1n) is 11.0. The van der Waals surface area contributed by atoms with E-state index in [1.165, 1.54) is 12.4 Å². The van der Waals surface area contributed by atoms with Crippen molar-refractivity contribution in [1.29, 1.82) is 0 Å². The summed E-state index contributed by atoms with van der Waals surface area (Å²) in [7, 11) is 0. The maximum atomic E-state index is 13.2. The lowest BCUT2D eigenvalue weighted by molar-refractivity contribution is -0.220. The van der Waals surface area contributed by atoms with Crippen LogP contribution in [0.5, 0.6) is 0 Å². The fraction of sp³-hybridized carbons (Fsp3) is 0.700. The molecule has 3 heterocycles. The molecule has 3 rings (SSSR count). The van der Waals surface area contributed by atoms with Crippen LogP contribution in [0.15, 0.2) is 12.4 Å². The molecule has 2 unspecified atom stereocenters. The molecular formula is C20H28ClF3N6O4. The number of hydrogen-bond acceptors (Lipinski definition) is 8. The minimum absolute atomic E-state index is 0.0220. The topological polar surface area (TPSA) is 109 Å². The van der Waals surface area contributed by atoms with Gasteiger partial charge < -0.3 is 19.3 Å². The highest BCUT2D eigenvalue weighted by molar-refractivity contribution is 6.30. The summed E-state index contributed by atoms with van der Waals surface area (Å²) in [6, 6.07) is 0. The molecule has 0 aliphatic carbocycles. The van der Waals surface area contributed by atoms with E-state index < -0.39 is 30.2 Å². The maximum absolute atomic E-state index is 13.2. The highest BCUT2D eigenvalue weighted by Gasteiger charge is 2.52. The number of nitrogens with zero attached hydrogens (tertiary/aromatic N) is 4. The van der Waals surface area contributed by atoms with Crippen LogP contribution in [0, 0.1) is 5.92 Å². The van der Waals surface area contributed by atoms with E-state index in [0.717, 1.165) is 0 Å². The Labute approximate surface area is 200 Å². The molecule has 0 aromatic carbocycles. The van der Waals surface area contributed by atoms with E-state index in [9.17, 15) is 22.8 Å². The van der Waals surface area contributed by atoms with E-state index in [0.29, 0.717) is 43.6 Å². The SMILES string of the molecule is CC[C@@H](COCCC(=O)N1CCN(c2ncc(Cl)cn2)CC1)OC1CNNC(=O)C1C(F)(F)F. The number of ether oxygens (including phenoxy) is 2. The Kier molecular flexibility index (Phi) is 9.28. The molecule has 2 aliphatic rings. The van der Waals surface area contributed by atoms with Crippen molar-refractivity contribution in [2.24, 2.45) is 5.92 Å². The largest absolute Gasteiger partial charge is 0.403 e. The molecular weight excluding hydrogens is 481 g/mol. The number of rotatable bonds is 9. The lowest BCUT2D eigenvalue weighted by atomic mass is 9.99. The first-order valence-corrected chi connectivity index (χ1v) is 11.4. The molecule has 0 spiro atoms. The highest BCUT2D eigenvalue weighted by Crippen LogP contribution is 2.32. The Morgan fingerprint density at radius 1 is 1.26 bits per heavy atom. The molecule has 10 nitrogen and oxygen atoms in total. The number of carbonyl (C=O) groups is 2. The van der Waals surface area contributed by atoms with Crippen LogP contribution in [0.25, 0.3) is 0 Å². The predicted molar refractivity (Wildman–Crippen MR) is 116 cm³/mol. The molecule has 2 saturated heterocycles. The number of piperazine rings is 1. The van der Waals surface area contributed by atoms with E-state index in [2.05, 4.69) is 15.4 Å². The first-order chi connectivity index (χ1) is 16.2. The van der Waals surface area contributed by atoms with E-state index in [-0.39, 0.29) is 32.1 Å². The number of amides is 2. The van der Waals surface area contributed by atoms with Crippen molar-refractivity contribution >= 4 is 29.4 Å². The van der Waals surface area contributed by atoms with Gasteiger partial charge in [-0.05, 0) is 6.42 Å². The van der Waals surface area contributed by atoms with Crippen molar-refractivity contribution in [3.05, 3.63) is 17.4 Å². The van der Waals surface area contributed by atoms with Gasteiger partial charge in [-0.25, -0.2) is 15.4 Å². The second-order valence-electron chi connectivity index (χ2n) is 7.99. The second-order valence-corrected chi connectivity index (χ2v) is 8.42. The Hall–Kier alpha value is -2.22. The van der Waals surface area contributed by atoms with Gasteiger partial charge in [0.2, 0.25) is 17.8 Å². The first kappa shape index (κ1) is 26.4. The Morgan fingerprint density at radius 2 is 1.94 bits per heavy atom. The standard InChI is InChI=1S/C20H28ClF3N6O4/c1-2-14(34-15-11-27-28-18(32)17(15)20(22,23)24)12-33-8-3-16(31)29-4-6-30(7-5-29)19-25-9-13(21)10-26-19/h9-10,14-15,17,27H,2-8,11-12H2,1H3,(H,28,32)/t14-,15?,17?/m0/s1. The van der Waals surface area contributed by atoms with Crippen molar-refractivity contribution in [2.75, 3.05) is 50.8 Å². The quantitative estimate of drug-likeness (QED) is 0.478. The second kappa shape index (κ2) is 12.0. The number of nitrogens with one attached hydrogen (secondary N) is 2. The van der Waals surface area contributed by atoms with Crippen LogP contribution in [0.1, 0.15) is 19.8 Å². The number of carbonyl (C=O) groups excluding carboxylic acids is 2. The summed E-state index contributed by atoms with van der Waals surface area (Å²) in [5.74, 6) is -2.94. The number of hydrogen-bond donors (Lipinski definition) is 2. The minimum atomic E-state index is -4.72. The summed E-state index contributed by atoms with van der Waals surface area (Å²) in [5, 5.41) is 0.453. The fourth-order valence-electron chi connectivity index (χ4n) is 3.75. The molecule has 14 heteroatoms. The summed E-state index contributed by atoms with van der Waals surface area (Å²) >= 11 is 5.80. The fourth-order valence-corrected chi connectivity index (χ4v) is 3.84. The number of halogens is 4.